The van der Waals surface area contributed by atoms with E-state index >= 15 is 0 Å². The molecule has 0 radical (unpaired) electrons. The fourth-order valence-electron chi connectivity index (χ4n) is 2.96. The minimum atomic E-state index is -0.513. The number of carbonyl (C=O) groups excluding carboxylic acids is 2. The topological polar surface area (TPSA) is 56.4 Å². The Labute approximate surface area is 138 Å². The Morgan fingerprint density at radius 2 is 2.09 bits per heavy atom. The van der Waals surface area contributed by atoms with Crippen LogP contribution in [0, 0.1) is 5.82 Å². The third-order valence-corrected chi connectivity index (χ3v) is 4.64. The number of piperazine rings is 1. The molecule has 7 heteroatoms. The average molecular weight is 338 g/mol. The minimum absolute atomic E-state index is 0.00671. The molecule has 2 aromatic rings. The normalized spacial score (nSPS) is 18.5. The molecule has 1 N–H and O–H groups in total. The molecule has 0 aliphatic carbocycles. The Morgan fingerprint density at radius 3 is 2.74 bits per heavy atom. The summed E-state index contributed by atoms with van der Waals surface area (Å²) in [6.45, 7) is 4.93. The van der Waals surface area contributed by atoms with E-state index in [1.165, 1.54) is 13.0 Å². The molecular formula is C16H17ClFN3O2. The molecule has 1 aliphatic heterocycles. The number of nitrogens with zero attached hydrogens (tertiary/aromatic N) is 2. The molecule has 1 saturated heterocycles. The molecule has 0 saturated carbocycles. The van der Waals surface area contributed by atoms with Crippen LogP contribution >= 0.6 is 11.6 Å². The van der Waals surface area contributed by atoms with Crippen molar-refractivity contribution in [2.45, 2.75) is 19.9 Å². The maximum Gasteiger partial charge on any atom is 0.270 e. The zero-order valence-electron chi connectivity index (χ0n) is 12.9. The van der Waals surface area contributed by atoms with Crippen LogP contribution in [-0.2, 0) is 4.79 Å². The van der Waals surface area contributed by atoms with Gasteiger partial charge in [-0.3, -0.25) is 9.59 Å². The first-order chi connectivity index (χ1) is 10.9. The third kappa shape index (κ3) is 2.79. The van der Waals surface area contributed by atoms with Crippen LogP contribution in [0.25, 0.3) is 10.9 Å². The van der Waals surface area contributed by atoms with Crippen LogP contribution in [-0.4, -0.2) is 52.3 Å². The summed E-state index contributed by atoms with van der Waals surface area (Å²) in [4.78, 5) is 30.6. The Hall–Kier alpha value is -2.08. The van der Waals surface area contributed by atoms with E-state index in [1.807, 2.05) is 6.92 Å². The van der Waals surface area contributed by atoms with Crippen LogP contribution in [0.3, 0.4) is 0 Å². The second kappa shape index (κ2) is 5.85. The van der Waals surface area contributed by atoms with Crippen molar-refractivity contribution in [2.75, 3.05) is 19.6 Å². The highest BCUT2D eigenvalue weighted by molar-refractivity contribution is 6.35. The monoisotopic (exact) mass is 337 g/mol. The summed E-state index contributed by atoms with van der Waals surface area (Å²) in [5.41, 5.74) is 0.991. The number of nitrogens with one attached hydrogen (secondary N) is 1. The lowest BCUT2D eigenvalue weighted by Crippen LogP contribution is -2.55. The van der Waals surface area contributed by atoms with Crippen molar-refractivity contribution in [3.8, 4) is 0 Å². The van der Waals surface area contributed by atoms with E-state index in [4.69, 9.17) is 11.6 Å². The van der Waals surface area contributed by atoms with Crippen molar-refractivity contribution in [3.63, 3.8) is 0 Å². The van der Waals surface area contributed by atoms with Crippen molar-refractivity contribution < 1.29 is 14.0 Å². The molecule has 1 aliphatic rings. The highest BCUT2D eigenvalue weighted by Gasteiger charge is 2.30. The second-order valence-corrected chi connectivity index (χ2v) is 6.20. The highest BCUT2D eigenvalue weighted by Crippen LogP contribution is 2.27. The van der Waals surface area contributed by atoms with Gasteiger partial charge in [0.1, 0.15) is 11.5 Å². The van der Waals surface area contributed by atoms with Gasteiger partial charge in [0.05, 0.1) is 5.02 Å². The molecule has 0 bridgehead atoms. The number of rotatable bonds is 1. The van der Waals surface area contributed by atoms with Gasteiger partial charge in [-0.2, -0.15) is 0 Å². The van der Waals surface area contributed by atoms with Crippen LogP contribution in [0.4, 0.5) is 4.39 Å². The smallest absolute Gasteiger partial charge is 0.270 e. The number of aromatic nitrogens is 1. The Morgan fingerprint density at radius 1 is 1.35 bits per heavy atom. The van der Waals surface area contributed by atoms with Gasteiger partial charge in [0.2, 0.25) is 5.91 Å². The standard InChI is InChI=1S/C16H17ClFN3O2/c1-9-8-20(10(2)22)5-6-21(9)16(23)14-7-11-13(19-14)4-3-12(18)15(11)17/h3-4,7,9,19H,5-6,8H2,1-2H3/t9-/m1/s1. The van der Waals surface area contributed by atoms with Crippen molar-refractivity contribution in [2.24, 2.45) is 0 Å². The zero-order chi connectivity index (χ0) is 16.7. The summed E-state index contributed by atoms with van der Waals surface area (Å²) in [6.07, 6.45) is 0. The molecule has 1 atom stereocenters. The summed E-state index contributed by atoms with van der Waals surface area (Å²) < 4.78 is 13.5. The second-order valence-electron chi connectivity index (χ2n) is 5.82. The van der Waals surface area contributed by atoms with Gasteiger partial charge >= 0.3 is 0 Å². The fraction of sp³-hybridized carbons (Fsp3) is 0.375. The number of fused-ring (bicyclic) bond motifs is 1. The van der Waals surface area contributed by atoms with Crippen LogP contribution in [0.1, 0.15) is 24.3 Å². The van der Waals surface area contributed by atoms with Gasteiger partial charge in [0.25, 0.3) is 5.91 Å². The molecule has 3 rings (SSSR count). The van der Waals surface area contributed by atoms with Gasteiger partial charge < -0.3 is 14.8 Å². The lowest BCUT2D eigenvalue weighted by molar-refractivity contribution is -0.131. The zero-order valence-corrected chi connectivity index (χ0v) is 13.7. The molecular weight excluding hydrogens is 321 g/mol. The van der Waals surface area contributed by atoms with Gasteiger partial charge in [0, 0.05) is 43.5 Å². The van der Waals surface area contributed by atoms with E-state index in [0.717, 1.165) is 0 Å². The van der Waals surface area contributed by atoms with Gasteiger partial charge in [-0.15, -0.1) is 0 Å². The first-order valence-corrected chi connectivity index (χ1v) is 7.79. The lowest BCUT2D eigenvalue weighted by Gasteiger charge is -2.39. The Bertz CT molecular complexity index is 789. The Balaban J connectivity index is 1.86. The molecule has 1 aromatic heterocycles. The van der Waals surface area contributed by atoms with Crippen molar-refractivity contribution in [1.82, 2.24) is 14.8 Å². The number of hydrogen-bond donors (Lipinski definition) is 1. The maximum atomic E-state index is 13.5. The van der Waals surface area contributed by atoms with Gasteiger partial charge in [-0.1, -0.05) is 11.6 Å². The Kier molecular flexibility index (Phi) is 4.02. The van der Waals surface area contributed by atoms with Crippen LogP contribution in [0.15, 0.2) is 18.2 Å². The maximum absolute atomic E-state index is 13.5. The average Bonchev–Trinajstić information content (AvgIpc) is 2.95. The molecule has 23 heavy (non-hydrogen) atoms. The van der Waals surface area contributed by atoms with Crippen molar-refractivity contribution >= 4 is 34.3 Å². The summed E-state index contributed by atoms with van der Waals surface area (Å²) >= 11 is 5.95. The van der Waals surface area contributed by atoms with E-state index in [0.29, 0.717) is 36.2 Å². The summed E-state index contributed by atoms with van der Waals surface area (Å²) in [6, 6.07) is 4.32. The van der Waals surface area contributed by atoms with Crippen molar-refractivity contribution in [3.05, 3.63) is 34.7 Å². The molecule has 2 heterocycles. The number of halogens is 2. The van der Waals surface area contributed by atoms with E-state index < -0.39 is 5.82 Å². The number of carbonyl (C=O) groups is 2. The first kappa shape index (κ1) is 15.8. The third-order valence-electron chi connectivity index (χ3n) is 4.25. The van der Waals surface area contributed by atoms with Crippen LogP contribution < -0.4 is 0 Å². The summed E-state index contributed by atoms with van der Waals surface area (Å²) in [5, 5.41) is 0.497. The largest absolute Gasteiger partial charge is 0.350 e. The number of amides is 2. The number of hydrogen-bond acceptors (Lipinski definition) is 2. The van der Waals surface area contributed by atoms with E-state index in [1.54, 1.807) is 21.9 Å². The van der Waals surface area contributed by atoms with Crippen LogP contribution in [0.5, 0.6) is 0 Å². The lowest BCUT2D eigenvalue weighted by atomic mass is 10.1. The van der Waals surface area contributed by atoms with Gasteiger partial charge in [-0.25, -0.2) is 4.39 Å². The molecule has 122 valence electrons. The quantitative estimate of drug-likeness (QED) is 0.869. The number of benzene rings is 1. The highest BCUT2D eigenvalue weighted by atomic mass is 35.5. The summed E-state index contributed by atoms with van der Waals surface area (Å²) in [7, 11) is 0. The fourth-order valence-corrected chi connectivity index (χ4v) is 3.18. The molecule has 0 spiro atoms. The van der Waals surface area contributed by atoms with E-state index in [-0.39, 0.29) is 22.9 Å². The number of aromatic amines is 1. The number of H-pyrrole nitrogens is 1. The SMILES string of the molecule is CC(=O)N1CCN(C(=O)c2cc3c(Cl)c(F)ccc3[nH]2)[C@H](C)C1. The van der Waals surface area contributed by atoms with Gasteiger partial charge in [0.15, 0.2) is 0 Å². The van der Waals surface area contributed by atoms with E-state index in [2.05, 4.69) is 4.98 Å². The molecule has 5 nitrogen and oxygen atoms in total. The minimum Gasteiger partial charge on any atom is -0.350 e. The summed E-state index contributed by atoms with van der Waals surface area (Å²) in [5.74, 6) is -0.675. The molecule has 1 fully saturated rings. The molecule has 0 unspecified atom stereocenters. The predicted octanol–water partition coefficient (Wildman–Crippen LogP) is 2.65. The van der Waals surface area contributed by atoms with Gasteiger partial charge in [-0.05, 0) is 25.1 Å². The molecule has 1 aromatic carbocycles. The first-order valence-electron chi connectivity index (χ1n) is 7.41. The van der Waals surface area contributed by atoms with E-state index in [9.17, 15) is 14.0 Å². The van der Waals surface area contributed by atoms with Crippen molar-refractivity contribution in [1.29, 1.82) is 0 Å². The molecule has 2 amide bonds. The predicted molar refractivity (Wildman–Crippen MR) is 86.0 cm³/mol. The van der Waals surface area contributed by atoms with Crippen LogP contribution in [0.2, 0.25) is 5.02 Å².